The number of nitrogens with two attached hydrogens (primary N) is 1. The van der Waals surface area contributed by atoms with Crippen molar-refractivity contribution in [2.45, 2.75) is 50.0 Å². The molecule has 1 aromatic rings. The highest BCUT2D eigenvalue weighted by Gasteiger charge is 2.64. The number of fused-ring (bicyclic) bond motifs is 3. The number of carbonyl (C=O) groups excluding carboxylic acids is 3. The van der Waals surface area contributed by atoms with E-state index < -0.39 is 70.1 Å². The highest BCUT2D eigenvalue weighted by atomic mass is 19.4. The van der Waals surface area contributed by atoms with Gasteiger partial charge >= 0.3 is 6.18 Å². The normalized spacial score (nSPS) is 29.5. The first-order valence-electron chi connectivity index (χ1n) is 13.4. The monoisotopic (exact) mass is 579 g/mol. The van der Waals surface area contributed by atoms with Crippen molar-refractivity contribution in [1.29, 1.82) is 0 Å². The molecule has 222 valence electrons. The molecule has 1 amide bonds. The molecule has 1 heterocycles. The van der Waals surface area contributed by atoms with Crippen molar-refractivity contribution in [3.63, 3.8) is 0 Å². The van der Waals surface area contributed by atoms with E-state index in [0.717, 1.165) is 0 Å². The van der Waals surface area contributed by atoms with E-state index in [0.29, 0.717) is 11.1 Å². The molecule has 10 nitrogen and oxygen atoms in total. The summed E-state index contributed by atoms with van der Waals surface area (Å²) in [6.45, 7) is 0.683. The molecule has 0 aromatic heterocycles. The molecular formula is C28H32F3N3O7. The average molecular weight is 580 g/mol. The van der Waals surface area contributed by atoms with Gasteiger partial charge in [-0.2, -0.15) is 13.2 Å². The van der Waals surface area contributed by atoms with Crippen LogP contribution in [0.2, 0.25) is 0 Å². The Hall–Kier alpha value is -3.42. The zero-order valence-electron chi connectivity index (χ0n) is 22.5. The molecule has 41 heavy (non-hydrogen) atoms. The van der Waals surface area contributed by atoms with Crippen LogP contribution in [0.1, 0.15) is 36.0 Å². The lowest BCUT2D eigenvalue weighted by Gasteiger charge is -2.50. The van der Waals surface area contributed by atoms with E-state index in [9.17, 15) is 48.0 Å². The van der Waals surface area contributed by atoms with Crippen LogP contribution in [-0.2, 0) is 27.3 Å². The predicted molar refractivity (Wildman–Crippen MR) is 138 cm³/mol. The summed E-state index contributed by atoms with van der Waals surface area (Å²) in [4.78, 5) is 42.5. The zero-order chi connectivity index (χ0) is 30.2. The smallest absolute Gasteiger partial charge is 0.391 e. The molecule has 13 heteroatoms. The lowest BCUT2D eigenvalue weighted by molar-refractivity contribution is -0.185. The number of hydrogen-bond acceptors (Lipinski definition) is 9. The fraction of sp³-hybridized carbons (Fsp3) is 0.536. The molecule has 0 radical (unpaired) electrons. The third kappa shape index (κ3) is 4.41. The van der Waals surface area contributed by atoms with E-state index in [-0.39, 0.29) is 62.2 Å². The summed E-state index contributed by atoms with van der Waals surface area (Å²) in [5, 5.41) is 44.6. The maximum atomic E-state index is 13.9. The summed E-state index contributed by atoms with van der Waals surface area (Å²) >= 11 is 0. The van der Waals surface area contributed by atoms with Crippen LogP contribution in [0.5, 0.6) is 5.75 Å². The third-order valence-corrected chi connectivity index (χ3v) is 9.15. The Morgan fingerprint density at radius 3 is 2.34 bits per heavy atom. The van der Waals surface area contributed by atoms with Crippen LogP contribution in [0.25, 0.3) is 5.76 Å². The molecule has 0 unspecified atom stereocenters. The highest BCUT2D eigenvalue weighted by molar-refractivity contribution is 6.24. The molecule has 0 bridgehead atoms. The number of amides is 1. The topological polar surface area (TPSA) is 165 Å². The number of nitrogens with zero attached hydrogens (tertiary/aromatic N) is 2. The Balaban J connectivity index is 1.55. The molecule has 4 atom stereocenters. The minimum atomic E-state index is -4.25. The Kier molecular flexibility index (Phi) is 6.98. The molecule has 6 N–H and O–H groups in total. The molecule has 4 aliphatic rings. The van der Waals surface area contributed by atoms with Gasteiger partial charge in [0.05, 0.1) is 17.5 Å². The zero-order valence-corrected chi connectivity index (χ0v) is 22.5. The first kappa shape index (κ1) is 29.1. The number of aliphatic hydroxyl groups excluding tert-OH is 2. The number of phenolic OH excluding ortho intramolecular Hbond substituents is 1. The summed E-state index contributed by atoms with van der Waals surface area (Å²) < 4.78 is 39.4. The van der Waals surface area contributed by atoms with E-state index in [4.69, 9.17) is 5.73 Å². The summed E-state index contributed by atoms with van der Waals surface area (Å²) in [5.41, 5.74) is 2.60. The van der Waals surface area contributed by atoms with Crippen LogP contribution in [0, 0.1) is 17.8 Å². The van der Waals surface area contributed by atoms with Gasteiger partial charge in [-0.05, 0) is 76.0 Å². The number of phenols is 1. The minimum absolute atomic E-state index is 0.0380. The SMILES string of the molecule is CN(C)[C@@H]1C(=O)C(C(N)=O)=C(O)[C@@]2(O)C(=O)C3=C(O)c4c(O)ccc(CN5CCC(C(F)(F)F)CC5)c4C[C@H]3C[C@@H]12. The van der Waals surface area contributed by atoms with Gasteiger partial charge in [0.2, 0.25) is 5.78 Å². The van der Waals surface area contributed by atoms with E-state index in [1.807, 2.05) is 4.90 Å². The van der Waals surface area contributed by atoms with Crippen LogP contribution in [0.3, 0.4) is 0 Å². The highest BCUT2D eigenvalue weighted by Crippen LogP contribution is 2.53. The number of aliphatic hydroxyl groups is 3. The Labute approximate surface area is 233 Å². The second kappa shape index (κ2) is 9.85. The van der Waals surface area contributed by atoms with Gasteiger partial charge in [-0.25, -0.2) is 0 Å². The summed E-state index contributed by atoms with van der Waals surface area (Å²) in [5.74, 6) is -8.63. The molecular weight excluding hydrogens is 547 g/mol. The van der Waals surface area contributed by atoms with E-state index in [1.165, 1.54) is 25.1 Å². The number of likely N-dealkylation sites (N-methyl/N-ethyl adjacent to an activating group) is 1. The predicted octanol–water partition coefficient (Wildman–Crippen LogP) is 1.74. The molecule has 1 aliphatic heterocycles. The van der Waals surface area contributed by atoms with Crippen LogP contribution >= 0.6 is 0 Å². The van der Waals surface area contributed by atoms with Gasteiger partial charge in [-0.1, -0.05) is 6.07 Å². The molecule has 1 saturated heterocycles. The Morgan fingerprint density at radius 1 is 1.15 bits per heavy atom. The molecule has 1 aromatic carbocycles. The van der Waals surface area contributed by atoms with Crippen molar-refractivity contribution in [2.75, 3.05) is 27.2 Å². The standard InChI is InChI=1S/C28H32F3N3O7/c1-33(2)21-16-10-13-9-15-12(11-34-7-5-14(6-8-34)28(29,30)31)3-4-17(35)19(15)22(36)18(13)24(38)27(16,41)25(39)20(23(21)37)26(32)40/h3-4,13-14,16,21,35-36,39,41H,5-11H2,1-2H3,(H2,32,40)/t13-,16-,21-,27-/m0/s1. The van der Waals surface area contributed by atoms with Gasteiger partial charge in [0.25, 0.3) is 5.91 Å². The number of aromatic hydroxyl groups is 1. The number of halogens is 3. The number of carbonyl (C=O) groups is 3. The van der Waals surface area contributed by atoms with Gasteiger partial charge in [0.1, 0.15) is 22.8 Å². The van der Waals surface area contributed by atoms with Crippen molar-refractivity contribution in [3.05, 3.63) is 45.7 Å². The van der Waals surface area contributed by atoms with Crippen molar-refractivity contribution < 1.29 is 48.0 Å². The summed E-state index contributed by atoms with van der Waals surface area (Å²) in [7, 11) is 3.04. The van der Waals surface area contributed by atoms with Crippen molar-refractivity contribution in [3.8, 4) is 5.75 Å². The second-order valence-electron chi connectivity index (χ2n) is 11.7. The number of Topliss-reactive ketones (excluding diaryl/α,β-unsaturated/α-hetero) is 2. The number of likely N-dealkylation sites (tertiary alicyclic amines) is 1. The molecule has 1 saturated carbocycles. The van der Waals surface area contributed by atoms with Crippen molar-refractivity contribution >= 4 is 23.2 Å². The number of rotatable bonds is 4. The number of piperidine rings is 1. The van der Waals surface area contributed by atoms with Crippen molar-refractivity contribution in [1.82, 2.24) is 9.80 Å². The van der Waals surface area contributed by atoms with E-state index in [1.54, 1.807) is 6.07 Å². The maximum Gasteiger partial charge on any atom is 0.391 e. The first-order valence-corrected chi connectivity index (χ1v) is 13.4. The largest absolute Gasteiger partial charge is 0.508 e. The quantitative estimate of drug-likeness (QED) is 0.334. The fourth-order valence-electron chi connectivity index (χ4n) is 7.12. The van der Waals surface area contributed by atoms with Gasteiger partial charge in [0.15, 0.2) is 11.4 Å². The summed E-state index contributed by atoms with van der Waals surface area (Å²) in [6, 6.07) is 1.76. The van der Waals surface area contributed by atoms with Gasteiger partial charge in [0, 0.05) is 18.0 Å². The molecule has 0 spiro atoms. The Morgan fingerprint density at radius 2 is 1.78 bits per heavy atom. The fourth-order valence-corrected chi connectivity index (χ4v) is 7.12. The maximum absolute atomic E-state index is 13.9. The van der Waals surface area contributed by atoms with Crippen LogP contribution < -0.4 is 5.73 Å². The number of benzene rings is 1. The van der Waals surface area contributed by atoms with E-state index in [2.05, 4.69) is 0 Å². The Bertz CT molecular complexity index is 1390. The molecule has 2 fully saturated rings. The van der Waals surface area contributed by atoms with Gasteiger partial charge in [-0.3, -0.25) is 24.2 Å². The lowest BCUT2D eigenvalue weighted by atomic mass is 9.57. The third-order valence-electron chi connectivity index (χ3n) is 9.15. The van der Waals surface area contributed by atoms with Crippen molar-refractivity contribution in [2.24, 2.45) is 23.5 Å². The average Bonchev–Trinajstić information content (AvgIpc) is 2.87. The summed E-state index contributed by atoms with van der Waals surface area (Å²) in [6.07, 6.45) is -4.25. The van der Waals surface area contributed by atoms with Crippen LogP contribution in [0.15, 0.2) is 29.0 Å². The lowest BCUT2D eigenvalue weighted by Crippen LogP contribution is -2.65. The first-order chi connectivity index (χ1) is 19.1. The van der Waals surface area contributed by atoms with Gasteiger partial charge in [-0.15, -0.1) is 0 Å². The number of ketones is 2. The second-order valence-corrected chi connectivity index (χ2v) is 11.7. The minimum Gasteiger partial charge on any atom is -0.508 e. The van der Waals surface area contributed by atoms with E-state index >= 15 is 0 Å². The van der Waals surface area contributed by atoms with Crippen LogP contribution in [0.4, 0.5) is 13.2 Å². The number of alkyl halides is 3. The van der Waals surface area contributed by atoms with Crippen LogP contribution in [-0.4, -0.2) is 92.7 Å². The molecule has 3 aliphatic carbocycles. The molecule has 5 rings (SSSR count). The number of primary amides is 1. The van der Waals surface area contributed by atoms with Gasteiger partial charge < -0.3 is 26.2 Å². The number of hydrogen-bond donors (Lipinski definition) is 5.